The van der Waals surface area contributed by atoms with Gasteiger partial charge in [0.1, 0.15) is 0 Å². The van der Waals surface area contributed by atoms with Crippen LogP contribution in [0.15, 0.2) is 12.3 Å². The molecular weight excluding hydrogens is 76.1 g/mol. The average molecular weight is 84.1 g/mol. The molecule has 2 N–H and O–H groups in total. The maximum Gasteiger partial charge on any atom is 0.0429 e. The molecule has 0 aromatic rings. The van der Waals surface area contributed by atoms with Gasteiger partial charge in [-0.05, 0) is 13.0 Å². The molecule has 0 radical (unpaired) electrons. The normalized spacial score (nSPS) is 30.5. The summed E-state index contributed by atoms with van der Waals surface area (Å²) in [4.78, 5) is 0. The first kappa shape index (κ1) is 3.68. The Balaban J connectivity index is 2.38. The molecule has 0 aliphatic carbocycles. The number of rotatable bonds is 0. The molecule has 1 aliphatic rings. The van der Waals surface area contributed by atoms with Gasteiger partial charge >= 0.3 is 0 Å². The molecule has 0 aromatic carbocycles. The molecule has 1 rings (SSSR count). The maximum absolute atomic E-state index is 2.96. The monoisotopic (exact) mass is 84.1 g/mol. The van der Waals surface area contributed by atoms with Crippen LogP contribution in [-0.2, 0) is 0 Å². The van der Waals surface area contributed by atoms with E-state index in [0.717, 1.165) is 0 Å². The van der Waals surface area contributed by atoms with E-state index in [-0.39, 0.29) is 0 Å². The Kier molecular flexibility index (Phi) is 0.801. The second kappa shape index (κ2) is 1.30. The molecule has 6 heavy (non-hydrogen) atoms. The van der Waals surface area contributed by atoms with Crippen LogP contribution in [0.4, 0.5) is 0 Å². The highest BCUT2D eigenvalue weighted by Gasteiger charge is 1.95. The second-order valence-electron chi connectivity index (χ2n) is 1.44. The fourth-order valence-electron chi connectivity index (χ4n) is 0.420. The molecule has 0 aromatic heterocycles. The summed E-state index contributed by atoms with van der Waals surface area (Å²) < 4.78 is 0. The van der Waals surface area contributed by atoms with Crippen LogP contribution in [0.2, 0.25) is 0 Å². The maximum atomic E-state index is 2.96. The van der Waals surface area contributed by atoms with E-state index in [1.807, 2.05) is 6.20 Å². The molecule has 34 valence electrons. The standard InChI is InChI=1S/C4H8N2/c1-4-2-3-5-6-4/h2-6H,1H3. The first-order valence-electron chi connectivity index (χ1n) is 2.07. The lowest BCUT2D eigenvalue weighted by atomic mass is 10.4. The lowest BCUT2D eigenvalue weighted by Gasteiger charge is -1.95. The van der Waals surface area contributed by atoms with Gasteiger partial charge in [-0.1, -0.05) is 0 Å². The third-order valence-electron chi connectivity index (χ3n) is 0.779. The lowest BCUT2D eigenvalue weighted by molar-refractivity contribution is 0.621. The molecule has 0 amide bonds. The van der Waals surface area contributed by atoms with Crippen molar-refractivity contribution < 1.29 is 0 Å². The number of hydrogen-bond donors (Lipinski definition) is 2. The van der Waals surface area contributed by atoms with E-state index in [4.69, 9.17) is 0 Å². The van der Waals surface area contributed by atoms with E-state index in [1.165, 1.54) is 0 Å². The molecule has 0 saturated heterocycles. The predicted octanol–water partition coefficient (Wildman–Crippen LogP) is -0.00360. The lowest BCUT2D eigenvalue weighted by Crippen LogP contribution is -2.27. The van der Waals surface area contributed by atoms with Gasteiger partial charge in [0.05, 0.1) is 0 Å². The van der Waals surface area contributed by atoms with E-state index >= 15 is 0 Å². The molecular formula is C4H8N2. The van der Waals surface area contributed by atoms with Crippen LogP contribution in [0.3, 0.4) is 0 Å². The van der Waals surface area contributed by atoms with E-state index < -0.39 is 0 Å². The van der Waals surface area contributed by atoms with Gasteiger partial charge in [-0.3, -0.25) is 0 Å². The summed E-state index contributed by atoms with van der Waals surface area (Å²) in [6, 6.07) is 0.505. The molecule has 1 aliphatic heterocycles. The Morgan fingerprint density at radius 3 is 2.67 bits per heavy atom. The molecule has 1 unspecified atom stereocenters. The summed E-state index contributed by atoms with van der Waals surface area (Å²) in [5.74, 6) is 0. The zero-order chi connectivity index (χ0) is 4.41. The van der Waals surface area contributed by atoms with Crippen molar-refractivity contribution in [1.29, 1.82) is 0 Å². The van der Waals surface area contributed by atoms with Crippen LogP contribution in [0, 0.1) is 0 Å². The van der Waals surface area contributed by atoms with E-state index in [0.29, 0.717) is 6.04 Å². The third kappa shape index (κ3) is 0.518. The Hall–Kier alpha value is -0.500. The quantitative estimate of drug-likeness (QED) is 0.431. The zero-order valence-electron chi connectivity index (χ0n) is 3.73. The molecule has 2 nitrogen and oxygen atoms in total. The van der Waals surface area contributed by atoms with E-state index in [1.54, 1.807) is 0 Å². The van der Waals surface area contributed by atoms with Crippen molar-refractivity contribution in [3.05, 3.63) is 12.3 Å². The summed E-state index contributed by atoms with van der Waals surface area (Å²) in [7, 11) is 0. The van der Waals surface area contributed by atoms with Gasteiger partial charge in [0, 0.05) is 12.2 Å². The third-order valence-corrected chi connectivity index (χ3v) is 0.779. The molecule has 0 fully saturated rings. The summed E-state index contributed by atoms with van der Waals surface area (Å²) in [5, 5.41) is 0. The predicted molar refractivity (Wildman–Crippen MR) is 24.9 cm³/mol. The summed E-state index contributed by atoms with van der Waals surface area (Å²) in [5.41, 5.74) is 5.80. The van der Waals surface area contributed by atoms with Crippen LogP contribution in [0.25, 0.3) is 0 Å². The van der Waals surface area contributed by atoms with Crippen molar-refractivity contribution in [2.45, 2.75) is 13.0 Å². The van der Waals surface area contributed by atoms with Gasteiger partial charge in [0.2, 0.25) is 0 Å². The number of hydrazine groups is 1. The van der Waals surface area contributed by atoms with Crippen molar-refractivity contribution in [2.75, 3.05) is 0 Å². The second-order valence-corrected chi connectivity index (χ2v) is 1.44. The van der Waals surface area contributed by atoms with E-state index in [2.05, 4.69) is 23.9 Å². The highest BCUT2D eigenvalue weighted by molar-refractivity contribution is 4.93. The Morgan fingerprint density at radius 2 is 2.50 bits per heavy atom. The first-order valence-corrected chi connectivity index (χ1v) is 2.07. The smallest absolute Gasteiger partial charge is 0.0429 e. The molecule has 1 atom stereocenters. The molecule has 0 bridgehead atoms. The van der Waals surface area contributed by atoms with Gasteiger partial charge in [-0.15, -0.1) is 0 Å². The minimum Gasteiger partial charge on any atom is -0.328 e. The Bertz CT molecular complexity index is 67.9. The fraction of sp³-hybridized carbons (Fsp3) is 0.500. The summed E-state index contributed by atoms with van der Waals surface area (Å²) in [6.07, 6.45) is 3.95. The van der Waals surface area contributed by atoms with Crippen molar-refractivity contribution >= 4 is 0 Å². The molecule has 2 heteroatoms. The molecule has 0 spiro atoms. The highest BCUT2D eigenvalue weighted by Crippen LogP contribution is 1.84. The van der Waals surface area contributed by atoms with Crippen LogP contribution in [0.1, 0.15) is 6.92 Å². The van der Waals surface area contributed by atoms with E-state index in [9.17, 15) is 0 Å². The number of nitrogens with one attached hydrogen (secondary N) is 2. The van der Waals surface area contributed by atoms with Crippen LogP contribution < -0.4 is 10.9 Å². The average Bonchev–Trinajstić information content (AvgIpc) is 1.86. The topological polar surface area (TPSA) is 24.1 Å². The number of hydrogen-bond acceptors (Lipinski definition) is 2. The Morgan fingerprint density at radius 1 is 1.67 bits per heavy atom. The van der Waals surface area contributed by atoms with Gasteiger partial charge in [0.25, 0.3) is 0 Å². The van der Waals surface area contributed by atoms with Crippen molar-refractivity contribution in [1.82, 2.24) is 10.9 Å². The van der Waals surface area contributed by atoms with Crippen LogP contribution >= 0.6 is 0 Å². The zero-order valence-corrected chi connectivity index (χ0v) is 3.73. The minimum absolute atomic E-state index is 0.505. The Labute approximate surface area is 37.2 Å². The molecule has 1 heterocycles. The summed E-state index contributed by atoms with van der Waals surface area (Å²) >= 11 is 0. The fourth-order valence-corrected chi connectivity index (χ4v) is 0.420. The van der Waals surface area contributed by atoms with Crippen molar-refractivity contribution in [3.63, 3.8) is 0 Å². The minimum atomic E-state index is 0.505. The molecule has 0 saturated carbocycles. The SMILES string of the molecule is CC1C=CNN1. The van der Waals surface area contributed by atoms with Gasteiger partial charge in [-0.25, -0.2) is 5.43 Å². The van der Waals surface area contributed by atoms with Gasteiger partial charge in [-0.2, -0.15) is 0 Å². The highest BCUT2D eigenvalue weighted by atomic mass is 15.4. The van der Waals surface area contributed by atoms with Crippen molar-refractivity contribution in [2.24, 2.45) is 0 Å². The van der Waals surface area contributed by atoms with Crippen molar-refractivity contribution in [3.8, 4) is 0 Å². The summed E-state index contributed by atoms with van der Waals surface area (Å²) in [6.45, 7) is 2.08. The van der Waals surface area contributed by atoms with Gasteiger partial charge in [0.15, 0.2) is 0 Å². The van der Waals surface area contributed by atoms with Gasteiger partial charge < -0.3 is 5.43 Å². The first-order chi connectivity index (χ1) is 2.89. The largest absolute Gasteiger partial charge is 0.328 e. The van der Waals surface area contributed by atoms with Crippen LogP contribution in [-0.4, -0.2) is 6.04 Å². The van der Waals surface area contributed by atoms with Crippen LogP contribution in [0.5, 0.6) is 0 Å².